The van der Waals surface area contributed by atoms with Gasteiger partial charge in [-0.05, 0) is 24.7 Å². The summed E-state index contributed by atoms with van der Waals surface area (Å²) in [7, 11) is 2.11. The van der Waals surface area contributed by atoms with E-state index in [1.54, 1.807) is 6.07 Å². The molecule has 1 aliphatic heterocycles. The van der Waals surface area contributed by atoms with Crippen LogP contribution >= 0.6 is 0 Å². The lowest BCUT2D eigenvalue weighted by molar-refractivity contribution is 0.189. The van der Waals surface area contributed by atoms with Crippen molar-refractivity contribution in [2.24, 2.45) is 0 Å². The number of phenolic OH excluding ortho intramolecular Hbond substituents is 1. The Balaban J connectivity index is 2.13. The first kappa shape index (κ1) is 7.62. The van der Waals surface area contributed by atoms with E-state index < -0.39 is 0 Å². The molecule has 64 valence electrons. The van der Waals surface area contributed by atoms with Crippen LogP contribution in [-0.4, -0.2) is 30.1 Å². The van der Waals surface area contributed by atoms with E-state index >= 15 is 0 Å². The largest absolute Gasteiger partial charge is 0.508 e. The standard InChI is InChI=1S/C10H13NO/c1-11-6-9(7-11)8-3-2-4-10(12)5-8/h2-5,9,12H,6-7H2,1H3. The van der Waals surface area contributed by atoms with Crippen molar-refractivity contribution in [3.63, 3.8) is 0 Å². The third-order valence-corrected chi connectivity index (χ3v) is 2.41. The molecular weight excluding hydrogens is 150 g/mol. The Morgan fingerprint density at radius 2 is 2.17 bits per heavy atom. The van der Waals surface area contributed by atoms with Gasteiger partial charge >= 0.3 is 0 Å². The predicted octanol–water partition coefficient (Wildman–Crippen LogP) is 1.42. The van der Waals surface area contributed by atoms with Crippen LogP contribution in [0.3, 0.4) is 0 Å². The molecule has 0 unspecified atom stereocenters. The summed E-state index contributed by atoms with van der Waals surface area (Å²) in [6.45, 7) is 2.23. The highest BCUT2D eigenvalue weighted by Crippen LogP contribution is 2.27. The maximum atomic E-state index is 9.23. The third kappa shape index (κ3) is 1.30. The molecule has 0 atom stereocenters. The molecule has 0 saturated carbocycles. The molecule has 1 aromatic carbocycles. The maximum Gasteiger partial charge on any atom is 0.115 e. The van der Waals surface area contributed by atoms with Crippen molar-refractivity contribution in [2.75, 3.05) is 20.1 Å². The fraction of sp³-hybridized carbons (Fsp3) is 0.400. The van der Waals surface area contributed by atoms with Crippen LogP contribution in [0.15, 0.2) is 24.3 Å². The number of benzene rings is 1. The number of nitrogens with zero attached hydrogens (tertiary/aromatic N) is 1. The zero-order valence-electron chi connectivity index (χ0n) is 7.20. The summed E-state index contributed by atoms with van der Waals surface area (Å²) in [5.41, 5.74) is 1.26. The van der Waals surface area contributed by atoms with Crippen LogP contribution < -0.4 is 0 Å². The van der Waals surface area contributed by atoms with Gasteiger partial charge in [0, 0.05) is 19.0 Å². The number of likely N-dealkylation sites (N-methyl/N-ethyl adjacent to an activating group) is 1. The summed E-state index contributed by atoms with van der Waals surface area (Å²) in [6, 6.07) is 7.56. The maximum absolute atomic E-state index is 9.23. The van der Waals surface area contributed by atoms with Crippen molar-refractivity contribution in [1.29, 1.82) is 0 Å². The van der Waals surface area contributed by atoms with Gasteiger partial charge in [0.05, 0.1) is 0 Å². The van der Waals surface area contributed by atoms with E-state index in [1.807, 2.05) is 12.1 Å². The monoisotopic (exact) mass is 163 g/mol. The zero-order valence-corrected chi connectivity index (χ0v) is 7.20. The van der Waals surface area contributed by atoms with Gasteiger partial charge in [-0.2, -0.15) is 0 Å². The van der Waals surface area contributed by atoms with Gasteiger partial charge in [0.1, 0.15) is 5.75 Å². The van der Waals surface area contributed by atoms with Gasteiger partial charge in [-0.1, -0.05) is 12.1 Å². The van der Waals surface area contributed by atoms with Crippen molar-refractivity contribution in [1.82, 2.24) is 4.90 Å². The van der Waals surface area contributed by atoms with Crippen LogP contribution in [-0.2, 0) is 0 Å². The van der Waals surface area contributed by atoms with E-state index in [9.17, 15) is 5.11 Å². The molecule has 2 rings (SSSR count). The summed E-state index contributed by atoms with van der Waals surface area (Å²) in [5, 5.41) is 9.23. The SMILES string of the molecule is CN1CC(c2cccc(O)c2)C1. The minimum atomic E-state index is 0.377. The lowest BCUT2D eigenvalue weighted by atomic mass is 9.92. The van der Waals surface area contributed by atoms with Crippen molar-refractivity contribution in [2.45, 2.75) is 5.92 Å². The summed E-state index contributed by atoms with van der Waals surface area (Å²) < 4.78 is 0. The van der Waals surface area contributed by atoms with Crippen LogP contribution in [0.1, 0.15) is 11.5 Å². The summed E-state index contributed by atoms with van der Waals surface area (Å²) in [5.74, 6) is 1.00. The lowest BCUT2D eigenvalue weighted by Gasteiger charge is -2.36. The Bertz CT molecular complexity index is 279. The average molecular weight is 163 g/mol. The van der Waals surface area contributed by atoms with E-state index in [0.29, 0.717) is 11.7 Å². The quantitative estimate of drug-likeness (QED) is 0.676. The molecule has 0 aliphatic carbocycles. The topological polar surface area (TPSA) is 23.5 Å². The summed E-state index contributed by atoms with van der Waals surface area (Å²) >= 11 is 0. The van der Waals surface area contributed by atoms with Gasteiger partial charge < -0.3 is 10.0 Å². The molecule has 1 N–H and O–H groups in total. The second kappa shape index (κ2) is 2.79. The molecule has 12 heavy (non-hydrogen) atoms. The normalized spacial score (nSPS) is 19.1. The number of likely N-dealkylation sites (tertiary alicyclic amines) is 1. The molecular formula is C10H13NO. The smallest absolute Gasteiger partial charge is 0.115 e. The van der Waals surface area contributed by atoms with E-state index in [0.717, 1.165) is 13.1 Å². The number of rotatable bonds is 1. The first-order chi connectivity index (χ1) is 5.75. The predicted molar refractivity (Wildman–Crippen MR) is 48.3 cm³/mol. The van der Waals surface area contributed by atoms with Crippen molar-refractivity contribution in [3.8, 4) is 5.75 Å². The molecule has 1 heterocycles. The lowest BCUT2D eigenvalue weighted by Crippen LogP contribution is -2.41. The minimum Gasteiger partial charge on any atom is -0.508 e. The molecule has 1 aliphatic rings. The zero-order chi connectivity index (χ0) is 8.55. The van der Waals surface area contributed by atoms with Gasteiger partial charge in [0.2, 0.25) is 0 Å². The van der Waals surface area contributed by atoms with Gasteiger partial charge in [-0.15, -0.1) is 0 Å². The molecule has 1 saturated heterocycles. The molecule has 0 spiro atoms. The highest BCUT2D eigenvalue weighted by molar-refractivity contribution is 5.31. The van der Waals surface area contributed by atoms with E-state index in [4.69, 9.17) is 0 Å². The van der Waals surface area contributed by atoms with Crippen molar-refractivity contribution >= 4 is 0 Å². The third-order valence-electron chi connectivity index (χ3n) is 2.41. The summed E-state index contributed by atoms with van der Waals surface area (Å²) in [6.07, 6.45) is 0. The molecule has 0 bridgehead atoms. The Kier molecular flexibility index (Phi) is 1.77. The molecule has 2 nitrogen and oxygen atoms in total. The summed E-state index contributed by atoms with van der Waals surface area (Å²) in [4.78, 5) is 2.27. The number of aromatic hydroxyl groups is 1. The van der Waals surface area contributed by atoms with Gasteiger partial charge in [-0.25, -0.2) is 0 Å². The second-order valence-electron chi connectivity index (χ2n) is 3.51. The Morgan fingerprint density at radius 1 is 1.42 bits per heavy atom. The number of phenols is 1. The molecule has 0 aromatic heterocycles. The highest BCUT2D eigenvalue weighted by Gasteiger charge is 2.24. The van der Waals surface area contributed by atoms with Crippen LogP contribution in [0, 0.1) is 0 Å². The van der Waals surface area contributed by atoms with Gasteiger partial charge in [-0.3, -0.25) is 0 Å². The fourth-order valence-electron chi connectivity index (χ4n) is 1.69. The Labute approximate surface area is 72.4 Å². The molecule has 0 amide bonds. The first-order valence-electron chi connectivity index (χ1n) is 4.23. The van der Waals surface area contributed by atoms with E-state index in [1.165, 1.54) is 5.56 Å². The van der Waals surface area contributed by atoms with Crippen LogP contribution in [0.2, 0.25) is 0 Å². The second-order valence-corrected chi connectivity index (χ2v) is 3.51. The van der Waals surface area contributed by atoms with Crippen LogP contribution in [0.25, 0.3) is 0 Å². The van der Waals surface area contributed by atoms with Gasteiger partial charge in [0.25, 0.3) is 0 Å². The molecule has 2 heteroatoms. The fourth-order valence-corrected chi connectivity index (χ4v) is 1.69. The Hall–Kier alpha value is -1.02. The van der Waals surface area contributed by atoms with Crippen molar-refractivity contribution in [3.05, 3.63) is 29.8 Å². The van der Waals surface area contributed by atoms with E-state index in [2.05, 4.69) is 18.0 Å². The molecule has 1 fully saturated rings. The number of hydrogen-bond acceptors (Lipinski definition) is 2. The molecule has 1 aromatic rings. The van der Waals surface area contributed by atoms with Gasteiger partial charge in [0.15, 0.2) is 0 Å². The van der Waals surface area contributed by atoms with Crippen LogP contribution in [0.4, 0.5) is 0 Å². The first-order valence-corrected chi connectivity index (χ1v) is 4.23. The highest BCUT2D eigenvalue weighted by atomic mass is 16.3. The Morgan fingerprint density at radius 3 is 2.75 bits per heavy atom. The van der Waals surface area contributed by atoms with Crippen molar-refractivity contribution < 1.29 is 5.11 Å². The van der Waals surface area contributed by atoms with Crippen LogP contribution in [0.5, 0.6) is 5.75 Å². The number of hydrogen-bond donors (Lipinski definition) is 1. The van der Waals surface area contributed by atoms with E-state index in [-0.39, 0.29) is 0 Å². The average Bonchev–Trinajstić information content (AvgIpc) is 1.99. The minimum absolute atomic E-state index is 0.377. The molecule has 0 radical (unpaired) electrons.